The fraction of sp³-hybridized carbons (Fsp3) is 0.400. The van der Waals surface area contributed by atoms with Gasteiger partial charge >= 0.3 is 8.80 Å². The Morgan fingerprint density at radius 1 is 0.909 bits per heavy atom. The maximum absolute atomic E-state index is 11.9. The predicted octanol–water partition coefficient (Wildman–Crippen LogP) is 6.36. The van der Waals surface area contributed by atoms with Crippen LogP contribution in [0.2, 0.25) is 6.04 Å². The summed E-state index contributed by atoms with van der Waals surface area (Å²) in [5.41, 5.74) is 3.36. The number of hydrogen-bond acceptors (Lipinski definition) is 5. The molecule has 1 N–H and O–H groups in total. The normalized spacial score (nSPS) is 10.9. The Morgan fingerprint density at radius 3 is 1.91 bits per heavy atom. The van der Waals surface area contributed by atoms with Crippen LogP contribution in [-0.2, 0) is 18.1 Å². The van der Waals surface area contributed by atoms with E-state index in [1.54, 1.807) is 6.92 Å². The van der Waals surface area contributed by atoms with Crippen LogP contribution in [0.1, 0.15) is 34.1 Å². The van der Waals surface area contributed by atoms with E-state index < -0.39 is 8.80 Å². The molecule has 8 heteroatoms. The van der Waals surface area contributed by atoms with Gasteiger partial charge in [0.25, 0.3) is 5.91 Å². The van der Waals surface area contributed by atoms with Crippen LogP contribution < -0.4 is 10.2 Å². The number of nitrogens with zero attached hydrogens (tertiary/aromatic N) is 1. The number of para-hydroxylation sites is 1. The van der Waals surface area contributed by atoms with Gasteiger partial charge in [-0.05, 0) is 70.5 Å². The second kappa shape index (κ2) is 15.0. The third-order valence-electron chi connectivity index (χ3n) is 4.85. The first kappa shape index (κ1) is 29.1. The zero-order chi connectivity index (χ0) is 23.4. The van der Waals surface area contributed by atoms with Gasteiger partial charge in [0.2, 0.25) is 0 Å². The molecular weight excluding hydrogens is 500 g/mol. The summed E-state index contributed by atoms with van der Waals surface area (Å²) in [4.78, 5) is 14.2. The van der Waals surface area contributed by atoms with Crippen molar-refractivity contribution in [2.24, 2.45) is 0 Å². The molecule has 0 aliphatic rings. The molecule has 2 aromatic rings. The monoisotopic (exact) mass is 536 g/mol. The van der Waals surface area contributed by atoms with E-state index in [0.29, 0.717) is 25.4 Å². The zero-order valence-electron chi connectivity index (χ0n) is 20.1. The number of amides is 1. The van der Waals surface area contributed by atoms with Gasteiger partial charge < -0.3 is 23.5 Å². The first-order chi connectivity index (χ1) is 15.4. The van der Waals surface area contributed by atoms with Crippen molar-refractivity contribution in [3.05, 3.63) is 66.7 Å². The molecule has 0 spiro atoms. The molecule has 0 aromatic heterocycles. The van der Waals surface area contributed by atoms with Crippen molar-refractivity contribution in [1.82, 2.24) is 0 Å². The number of carbonyl (C=O) groups excluding carboxylic acids is 1. The summed E-state index contributed by atoms with van der Waals surface area (Å²) in [6.07, 6.45) is 0.856. The van der Waals surface area contributed by atoms with E-state index >= 15 is 0 Å². The second-order valence-corrected chi connectivity index (χ2v) is 10.1. The number of hydrogen-bond donors (Lipinski definition) is 1. The number of benzene rings is 2. The summed E-state index contributed by atoms with van der Waals surface area (Å²) in [7, 11) is -2.68. The zero-order valence-corrected chi connectivity index (χ0v) is 22.8. The maximum atomic E-state index is 11.9. The third kappa shape index (κ3) is 9.06. The van der Waals surface area contributed by atoms with Gasteiger partial charge in [0.1, 0.15) is 0 Å². The largest absolute Gasteiger partial charge is 0.500 e. The molecule has 6 nitrogen and oxygen atoms in total. The highest BCUT2D eigenvalue weighted by atomic mass is 79.9. The number of carbonyl (C=O) groups is 1. The van der Waals surface area contributed by atoms with Crippen LogP contribution in [0.15, 0.2) is 66.7 Å². The summed E-state index contributed by atoms with van der Waals surface area (Å²) in [6, 6.07) is 18.8. The minimum atomic E-state index is -2.68. The Bertz CT molecular complexity index is 832. The van der Waals surface area contributed by atoms with E-state index in [1.165, 1.54) is 0 Å². The highest BCUT2D eigenvalue weighted by Gasteiger charge is 2.39. The lowest BCUT2D eigenvalue weighted by Crippen LogP contribution is -2.46. The van der Waals surface area contributed by atoms with Crippen molar-refractivity contribution in [3.63, 3.8) is 0 Å². The lowest BCUT2D eigenvalue weighted by molar-refractivity contribution is -0.112. The standard InChI is InChI=1S/C25H36N2O4Si.BrH/c1-6-29-32(30-7-2,31-8-3)20-12-19-27(23-13-10-9-11-14-23)24-17-15-22(16-18-24)26-25(28)21(4)5;/h9-11,13-18H,4,6-8,12,19-20H2,1-3,5H3,(H,26,28);1H. The van der Waals surface area contributed by atoms with E-state index in [-0.39, 0.29) is 22.9 Å². The van der Waals surface area contributed by atoms with Crippen molar-refractivity contribution in [3.8, 4) is 0 Å². The molecule has 0 aliphatic heterocycles. The number of halogens is 1. The molecule has 0 saturated carbocycles. The molecule has 2 aromatic carbocycles. The van der Waals surface area contributed by atoms with Gasteiger partial charge in [-0.1, -0.05) is 24.8 Å². The second-order valence-electron chi connectivity index (χ2n) is 7.35. The Morgan fingerprint density at radius 2 is 1.42 bits per heavy atom. The summed E-state index contributed by atoms with van der Waals surface area (Å²) < 4.78 is 18.0. The lowest BCUT2D eigenvalue weighted by atomic mass is 10.2. The van der Waals surface area contributed by atoms with Gasteiger partial charge in [-0.25, -0.2) is 0 Å². The molecule has 0 atom stereocenters. The number of anilines is 3. The minimum Gasteiger partial charge on any atom is -0.374 e. The van der Waals surface area contributed by atoms with E-state index in [2.05, 4.69) is 28.9 Å². The van der Waals surface area contributed by atoms with Gasteiger partial charge in [-0.3, -0.25) is 4.79 Å². The fourth-order valence-electron chi connectivity index (χ4n) is 3.43. The van der Waals surface area contributed by atoms with Crippen LogP contribution in [0.4, 0.5) is 17.1 Å². The fourth-order valence-corrected chi connectivity index (χ4v) is 6.03. The van der Waals surface area contributed by atoms with Crippen LogP contribution >= 0.6 is 17.0 Å². The van der Waals surface area contributed by atoms with E-state index in [1.807, 2.05) is 63.2 Å². The van der Waals surface area contributed by atoms with Crippen LogP contribution in [0.3, 0.4) is 0 Å². The highest BCUT2D eigenvalue weighted by Crippen LogP contribution is 2.28. The van der Waals surface area contributed by atoms with Crippen molar-refractivity contribution >= 4 is 48.8 Å². The molecule has 2 rings (SSSR count). The number of nitrogens with one attached hydrogen (secondary N) is 1. The molecule has 0 bridgehead atoms. The Balaban J connectivity index is 0.00000544. The van der Waals surface area contributed by atoms with Gasteiger partial charge in [0.15, 0.2) is 0 Å². The van der Waals surface area contributed by atoms with Crippen LogP contribution in [0.25, 0.3) is 0 Å². The van der Waals surface area contributed by atoms with Crippen molar-refractivity contribution < 1.29 is 18.1 Å². The molecule has 0 unspecified atom stereocenters. The SMILES string of the molecule is Br.C=C(C)C(=O)Nc1ccc(N(CCC[Si](OCC)(OCC)OCC)c2ccccc2)cc1. The van der Waals surface area contributed by atoms with E-state index in [4.69, 9.17) is 13.3 Å². The summed E-state index contributed by atoms with van der Waals surface area (Å²) in [6.45, 7) is 13.8. The Kier molecular flexibility index (Phi) is 13.2. The topological polar surface area (TPSA) is 60.0 Å². The summed E-state index contributed by atoms with van der Waals surface area (Å²) in [5.74, 6) is -0.179. The minimum absolute atomic E-state index is 0. The Labute approximate surface area is 210 Å². The summed E-state index contributed by atoms with van der Waals surface area (Å²) in [5, 5.41) is 2.85. The summed E-state index contributed by atoms with van der Waals surface area (Å²) >= 11 is 0. The lowest BCUT2D eigenvalue weighted by Gasteiger charge is -2.30. The molecule has 1 amide bonds. The van der Waals surface area contributed by atoms with Crippen molar-refractivity contribution in [2.45, 2.75) is 40.2 Å². The molecule has 0 fully saturated rings. The molecule has 0 heterocycles. The first-order valence-electron chi connectivity index (χ1n) is 11.3. The molecular formula is C25H37BrN2O4Si. The van der Waals surface area contributed by atoms with Crippen molar-refractivity contribution in [1.29, 1.82) is 0 Å². The van der Waals surface area contributed by atoms with Gasteiger partial charge in [-0.2, -0.15) is 0 Å². The smallest absolute Gasteiger partial charge is 0.374 e. The van der Waals surface area contributed by atoms with Gasteiger partial charge in [0, 0.05) is 55.0 Å². The first-order valence-corrected chi connectivity index (χ1v) is 13.2. The average Bonchev–Trinajstić information content (AvgIpc) is 2.78. The van der Waals surface area contributed by atoms with Crippen molar-refractivity contribution in [2.75, 3.05) is 36.6 Å². The quantitative estimate of drug-likeness (QED) is 0.225. The molecule has 0 radical (unpaired) electrons. The Hall–Kier alpha value is -1.97. The molecule has 33 heavy (non-hydrogen) atoms. The predicted molar refractivity (Wildman–Crippen MR) is 144 cm³/mol. The highest BCUT2D eigenvalue weighted by molar-refractivity contribution is 8.93. The molecule has 182 valence electrons. The molecule has 0 aliphatic carbocycles. The average molecular weight is 538 g/mol. The van der Waals surface area contributed by atoms with Crippen LogP contribution in [0.5, 0.6) is 0 Å². The van der Waals surface area contributed by atoms with Crippen LogP contribution in [-0.4, -0.2) is 41.1 Å². The van der Waals surface area contributed by atoms with Gasteiger partial charge in [-0.15, -0.1) is 17.0 Å². The maximum Gasteiger partial charge on any atom is 0.500 e. The number of rotatable bonds is 14. The van der Waals surface area contributed by atoms with E-state index in [9.17, 15) is 4.79 Å². The van der Waals surface area contributed by atoms with Gasteiger partial charge in [0.05, 0.1) is 0 Å². The third-order valence-corrected chi connectivity index (χ3v) is 8.00. The van der Waals surface area contributed by atoms with E-state index in [0.717, 1.165) is 36.1 Å². The van der Waals surface area contributed by atoms with Crippen LogP contribution in [0, 0.1) is 0 Å². The molecule has 0 saturated heterocycles.